The number of carbonyl (C=O) groups excluding carboxylic acids is 1. The smallest absolute Gasteiger partial charge is 0.253 e. The molecule has 1 atom stereocenters. The van der Waals surface area contributed by atoms with Crippen molar-refractivity contribution in [3.63, 3.8) is 0 Å². The fourth-order valence-electron chi connectivity index (χ4n) is 2.05. The minimum Gasteiger partial charge on any atom is -0.396 e. The zero-order valence-electron chi connectivity index (χ0n) is 12.0. The number of hydrogen-bond acceptors (Lipinski definition) is 4. The van der Waals surface area contributed by atoms with Crippen LogP contribution in [0.4, 0.5) is 0 Å². The molecule has 1 unspecified atom stereocenters. The third kappa shape index (κ3) is 3.14. The van der Waals surface area contributed by atoms with E-state index in [1.807, 2.05) is 20.8 Å². The third-order valence-electron chi connectivity index (χ3n) is 3.32. The Morgan fingerprint density at radius 3 is 2.85 bits per heavy atom. The number of nitrogens with zero attached hydrogens (tertiary/aromatic N) is 3. The molecular formula is C14H20N4O2. The highest BCUT2D eigenvalue weighted by molar-refractivity contribution is 5.94. The van der Waals surface area contributed by atoms with Crippen molar-refractivity contribution in [2.75, 3.05) is 6.61 Å². The second kappa shape index (κ2) is 5.58. The second-order valence-electron chi connectivity index (χ2n) is 5.92. The molecule has 2 N–H and O–H groups in total. The molecule has 0 radical (unpaired) electrons. The van der Waals surface area contributed by atoms with Gasteiger partial charge in [0.25, 0.3) is 5.91 Å². The summed E-state index contributed by atoms with van der Waals surface area (Å²) in [6.07, 6.45) is 3.79. The van der Waals surface area contributed by atoms with Crippen LogP contribution in [0.3, 0.4) is 0 Å². The molecule has 0 aliphatic rings. The summed E-state index contributed by atoms with van der Waals surface area (Å²) in [4.78, 5) is 12.3. The van der Waals surface area contributed by atoms with Crippen LogP contribution >= 0.6 is 0 Å². The number of aromatic nitrogens is 3. The molecule has 0 aliphatic carbocycles. The fourth-order valence-corrected chi connectivity index (χ4v) is 2.05. The maximum absolute atomic E-state index is 12.3. The largest absolute Gasteiger partial charge is 0.396 e. The monoisotopic (exact) mass is 276 g/mol. The number of fused-ring (bicyclic) bond motifs is 1. The van der Waals surface area contributed by atoms with Crippen LogP contribution < -0.4 is 5.32 Å². The molecule has 6 heteroatoms. The van der Waals surface area contributed by atoms with Crippen LogP contribution in [-0.2, 0) is 0 Å². The molecule has 0 spiro atoms. The van der Waals surface area contributed by atoms with Crippen LogP contribution in [0.1, 0.15) is 37.6 Å². The number of aliphatic hydroxyl groups is 1. The highest BCUT2D eigenvalue weighted by Gasteiger charge is 2.26. The molecule has 2 aromatic heterocycles. The Hall–Kier alpha value is -1.95. The van der Waals surface area contributed by atoms with Crippen molar-refractivity contribution >= 4 is 11.6 Å². The summed E-state index contributed by atoms with van der Waals surface area (Å²) in [7, 11) is 0. The molecule has 0 fully saturated rings. The van der Waals surface area contributed by atoms with E-state index in [0.29, 0.717) is 17.6 Å². The second-order valence-corrected chi connectivity index (χ2v) is 5.92. The van der Waals surface area contributed by atoms with Crippen molar-refractivity contribution < 1.29 is 9.90 Å². The van der Waals surface area contributed by atoms with Gasteiger partial charge < -0.3 is 10.4 Å². The van der Waals surface area contributed by atoms with Gasteiger partial charge in [0.1, 0.15) is 6.33 Å². The first kappa shape index (κ1) is 14.5. The predicted molar refractivity (Wildman–Crippen MR) is 75.4 cm³/mol. The van der Waals surface area contributed by atoms with Crippen molar-refractivity contribution in [2.24, 2.45) is 5.41 Å². The molecule has 0 bridgehead atoms. The Morgan fingerprint density at radius 2 is 2.20 bits per heavy atom. The standard InChI is InChI=1S/C14H20N4O2/c1-14(2,3)11(6-7-19)16-13(20)10-4-5-12-17-15-9-18(12)8-10/h4-5,8-9,11,19H,6-7H2,1-3H3,(H,16,20). The molecule has 2 aromatic rings. The van der Waals surface area contributed by atoms with Crippen LogP contribution in [0, 0.1) is 5.41 Å². The molecule has 6 nitrogen and oxygen atoms in total. The topological polar surface area (TPSA) is 79.5 Å². The lowest BCUT2D eigenvalue weighted by atomic mass is 9.85. The van der Waals surface area contributed by atoms with Gasteiger partial charge in [0.2, 0.25) is 0 Å². The van der Waals surface area contributed by atoms with E-state index in [4.69, 9.17) is 5.11 Å². The van der Waals surface area contributed by atoms with E-state index in [2.05, 4.69) is 15.5 Å². The van der Waals surface area contributed by atoms with Crippen molar-refractivity contribution in [1.82, 2.24) is 19.9 Å². The molecule has 2 heterocycles. The Kier molecular flexibility index (Phi) is 4.04. The first-order chi connectivity index (χ1) is 9.41. The molecule has 2 rings (SSSR count). The van der Waals surface area contributed by atoms with Gasteiger partial charge in [0.05, 0.1) is 5.56 Å². The number of pyridine rings is 1. The van der Waals surface area contributed by atoms with E-state index in [1.54, 1.807) is 29.1 Å². The van der Waals surface area contributed by atoms with E-state index >= 15 is 0 Å². The molecule has 0 saturated heterocycles. The molecule has 20 heavy (non-hydrogen) atoms. The summed E-state index contributed by atoms with van der Waals surface area (Å²) in [6, 6.07) is 3.38. The summed E-state index contributed by atoms with van der Waals surface area (Å²) in [5.41, 5.74) is 1.13. The average Bonchev–Trinajstić information content (AvgIpc) is 2.84. The first-order valence-corrected chi connectivity index (χ1v) is 6.63. The van der Waals surface area contributed by atoms with Gasteiger partial charge in [-0.25, -0.2) is 0 Å². The van der Waals surface area contributed by atoms with Crippen molar-refractivity contribution in [3.8, 4) is 0 Å². The predicted octanol–water partition coefficient (Wildman–Crippen LogP) is 1.26. The van der Waals surface area contributed by atoms with Gasteiger partial charge in [0.15, 0.2) is 5.65 Å². The summed E-state index contributed by atoms with van der Waals surface area (Å²) in [6.45, 7) is 6.16. The normalized spacial score (nSPS) is 13.4. The highest BCUT2D eigenvalue weighted by atomic mass is 16.3. The van der Waals surface area contributed by atoms with Crippen molar-refractivity contribution in [1.29, 1.82) is 0 Å². The van der Waals surface area contributed by atoms with Crippen molar-refractivity contribution in [3.05, 3.63) is 30.2 Å². The summed E-state index contributed by atoms with van der Waals surface area (Å²) in [5, 5.41) is 19.8. The van der Waals surface area contributed by atoms with E-state index < -0.39 is 0 Å². The number of aliphatic hydroxyl groups excluding tert-OH is 1. The van der Waals surface area contributed by atoms with Gasteiger partial charge in [0, 0.05) is 18.8 Å². The quantitative estimate of drug-likeness (QED) is 0.881. The van der Waals surface area contributed by atoms with Crippen molar-refractivity contribution in [2.45, 2.75) is 33.2 Å². The minimum atomic E-state index is -0.158. The molecule has 108 valence electrons. The number of hydrogen-bond donors (Lipinski definition) is 2. The summed E-state index contributed by atoms with van der Waals surface area (Å²) in [5.74, 6) is -0.158. The number of carbonyl (C=O) groups is 1. The fraction of sp³-hybridized carbons (Fsp3) is 0.500. The Labute approximate surface area is 117 Å². The van der Waals surface area contributed by atoms with Gasteiger partial charge in [-0.05, 0) is 24.0 Å². The van der Waals surface area contributed by atoms with Crippen LogP contribution in [0.15, 0.2) is 24.7 Å². The number of nitrogens with one attached hydrogen (secondary N) is 1. The van der Waals surface area contributed by atoms with Crippen LogP contribution in [0.2, 0.25) is 0 Å². The Balaban J connectivity index is 2.17. The van der Waals surface area contributed by atoms with E-state index in [0.717, 1.165) is 0 Å². The third-order valence-corrected chi connectivity index (χ3v) is 3.32. The lowest BCUT2D eigenvalue weighted by Crippen LogP contribution is -2.44. The first-order valence-electron chi connectivity index (χ1n) is 6.63. The Morgan fingerprint density at radius 1 is 1.45 bits per heavy atom. The summed E-state index contributed by atoms with van der Waals surface area (Å²) < 4.78 is 1.70. The SMILES string of the molecule is CC(C)(C)C(CCO)NC(=O)c1ccc2nncn2c1. The van der Waals surface area contributed by atoms with Gasteiger partial charge >= 0.3 is 0 Å². The van der Waals surface area contributed by atoms with E-state index in [-0.39, 0.29) is 24.0 Å². The summed E-state index contributed by atoms with van der Waals surface area (Å²) >= 11 is 0. The molecule has 1 amide bonds. The van der Waals surface area contributed by atoms with Gasteiger partial charge in [-0.1, -0.05) is 20.8 Å². The number of amides is 1. The zero-order chi connectivity index (χ0) is 14.8. The molecule has 0 aromatic carbocycles. The zero-order valence-corrected chi connectivity index (χ0v) is 12.0. The number of rotatable bonds is 4. The maximum atomic E-state index is 12.3. The highest BCUT2D eigenvalue weighted by Crippen LogP contribution is 2.22. The molecular weight excluding hydrogens is 256 g/mol. The van der Waals surface area contributed by atoms with Crippen LogP contribution in [-0.4, -0.2) is 38.3 Å². The van der Waals surface area contributed by atoms with Gasteiger partial charge in [-0.2, -0.15) is 0 Å². The maximum Gasteiger partial charge on any atom is 0.253 e. The average molecular weight is 276 g/mol. The lowest BCUT2D eigenvalue weighted by molar-refractivity contribution is 0.0884. The molecule has 0 aliphatic heterocycles. The molecule has 0 saturated carbocycles. The lowest BCUT2D eigenvalue weighted by Gasteiger charge is -2.31. The van der Waals surface area contributed by atoms with Crippen LogP contribution in [0.25, 0.3) is 5.65 Å². The van der Waals surface area contributed by atoms with Gasteiger partial charge in [-0.3, -0.25) is 9.20 Å². The van der Waals surface area contributed by atoms with Gasteiger partial charge in [-0.15, -0.1) is 10.2 Å². The minimum absolute atomic E-state index is 0.0483. The van der Waals surface area contributed by atoms with E-state index in [1.165, 1.54) is 0 Å². The van der Waals surface area contributed by atoms with Crippen LogP contribution in [0.5, 0.6) is 0 Å². The van der Waals surface area contributed by atoms with E-state index in [9.17, 15) is 4.79 Å². The Bertz CT molecular complexity index is 600.